The van der Waals surface area contributed by atoms with Gasteiger partial charge >= 0.3 is 6.18 Å². The van der Waals surface area contributed by atoms with Crippen molar-refractivity contribution in [3.05, 3.63) is 58.6 Å². The topological polar surface area (TPSA) is 92.9 Å². The lowest BCUT2D eigenvalue weighted by molar-refractivity contribution is -0.137. The maximum atomic E-state index is 12.8. The van der Waals surface area contributed by atoms with E-state index >= 15 is 0 Å². The van der Waals surface area contributed by atoms with Crippen molar-refractivity contribution in [2.75, 3.05) is 10.6 Å². The second-order valence-electron chi connectivity index (χ2n) is 5.39. The van der Waals surface area contributed by atoms with Crippen molar-refractivity contribution < 1.29 is 22.5 Å². The summed E-state index contributed by atoms with van der Waals surface area (Å²) in [5.74, 6) is 0.434. The number of anilines is 3. The molecule has 0 saturated heterocycles. The lowest BCUT2D eigenvalue weighted by Crippen LogP contribution is -2.14. The van der Waals surface area contributed by atoms with Crippen molar-refractivity contribution in [2.45, 2.75) is 13.1 Å². The minimum absolute atomic E-state index is 0.0306. The molecule has 0 saturated carbocycles. The van der Waals surface area contributed by atoms with Gasteiger partial charge in [0, 0.05) is 18.5 Å². The van der Waals surface area contributed by atoms with Gasteiger partial charge in [0.25, 0.3) is 5.91 Å². The number of nitrogens with zero attached hydrogens (tertiary/aromatic N) is 3. The number of carbonyl (C=O) groups excluding carboxylic acids is 1. The number of alkyl halides is 3. The van der Waals surface area contributed by atoms with Crippen LogP contribution in [0.3, 0.4) is 0 Å². The van der Waals surface area contributed by atoms with Gasteiger partial charge in [-0.05, 0) is 25.1 Å². The molecule has 140 valence electrons. The molecule has 3 aromatic rings. The molecule has 1 aromatic carbocycles. The summed E-state index contributed by atoms with van der Waals surface area (Å²) < 4.78 is 43.3. The minimum Gasteiger partial charge on any atom is -0.360 e. The van der Waals surface area contributed by atoms with Crippen molar-refractivity contribution in [1.29, 1.82) is 0 Å². The number of nitrogens with one attached hydrogen (secondary N) is 2. The van der Waals surface area contributed by atoms with Crippen molar-refractivity contribution in [3.63, 3.8) is 0 Å². The summed E-state index contributed by atoms with van der Waals surface area (Å²) in [5, 5.41) is 8.76. The average Bonchev–Trinajstić information content (AvgIpc) is 3.01. The van der Waals surface area contributed by atoms with E-state index in [-0.39, 0.29) is 22.2 Å². The first-order valence-electron chi connectivity index (χ1n) is 7.43. The van der Waals surface area contributed by atoms with Gasteiger partial charge in [-0.25, -0.2) is 9.97 Å². The Balaban J connectivity index is 1.73. The summed E-state index contributed by atoms with van der Waals surface area (Å²) in [7, 11) is 0. The summed E-state index contributed by atoms with van der Waals surface area (Å²) in [6.45, 7) is 1.71. The van der Waals surface area contributed by atoms with Crippen LogP contribution in [0.25, 0.3) is 0 Å². The Morgan fingerprint density at radius 1 is 1.19 bits per heavy atom. The molecule has 0 radical (unpaired) electrons. The molecule has 0 fully saturated rings. The van der Waals surface area contributed by atoms with E-state index in [1.54, 1.807) is 13.0 Å². The van der Waals surface area contributed by atoms with Crippen LogP contribution in [-0.2, 0) is 6.18 Å². The number of benzene rings is 1. The predicted octanol–water partition coefficient (Wildman–Crippen LogP) is 4.44. The average molecular weight is 398 g/mol. The zero-order valence-electron chi connectivity index (χ0n) is 13.6. The third kappa shape index (κ3) is 4.53. The third-order valence-electron chi connectivity index (χ3n) is 3.32. The maximum Gasteiger partial charge on any atom is 0.416 e. The first kappa shape index (κ1) is 18.6. The van der Waals surface area contributed by atoms with Gasteiger partial charge in [0.05, 0.1) is 21.8 Å². The Bertz CT molecular complexity index is 973. The van der Waals surface area contributed by atoms with Crippen LogP contribution in [0.5, 0.6) is 0 Å². The van der Waals surface area contributed by atoms with E-state index < -0.39 is 17.6 Å². The first-order chi connectivity index (χ1) is 12.7. The number of aryl methyl sites for hydroxylation is 1. The first-order valence-corrected chi connectivity index (χ1v) is 7.80. The van der Waals surface area contributed by atoms with E-state index in [4.69, 9.17) is 16.1 Å². The van der Waals surface area contributed by atoms with Crippen LogP contribution >= 0.6 is 11.6 Å². The number of amides is 1. The van der Waals surface area contributed by atoms with Gasteiger partial charge in [0.2, 0.25) is 5.95 Å². The summed E-state index contributed by atoms with van der Waals surface area (Å²) in [6.07, 6.45) is -2.14. The van der Waals surface area contributed by atoms with Crippen LogP contribution in [0.4, 0.5) is 30.6 Å². The molecule has 0 aliphatic carbocycles. The fraction of sp³-hybridized carbons (Fsp3) is 0.125. The quantitative estimate of drug-likeness (QED) is 0.676. The molecule has 0 spiro atoms. The number of hydrogen-bond acceptors (Lipinski definition) is 6. The Morgan fingerprint density at radius 2 is 1.89 bits per heavy atom. The van der Waals surface area contributed by atoms with Crippen molar-refractivity contribution in [2.24, 2.45) is 0 Å². The summed E-state index contributed by atoms with van der Waals surface area (Å²) in [6, 6.07) is 4.26. The second-order valence-corrected chi connectivity index (χ2v) is 5.80. The number of rotatable bonds is 4. The van der Waals surface area contributed by atoms with E-state index in [2.05, 4.69) is 25.8 Å². The van der Waals surface area contributed by atoms with Gasteiger partial charge in [0.15, 0.2) is 5.82 Å². The number of aromatic nitrogens is 3. The molecule has 0 bridgehead atoms. The highest BCUT2D eigenvalue weighted by atomic mass is 35.5. The van der Waals surface area contributed by atoms with Gasteiger partial charge in [-0.3, -0.25) is 4.79 Å². The Morgan fingerprint density at radius 3 is 2.48 bits per heavy atom. The molecule has 7 nitrogen and oxygen atoms in total. The molecule has 0 aliphatic heterocycles. The summed E-state index contributed by atoms with van der Waals surface area (Å²) >= 11 is 5.86. The lowest BCUT2D eigenvalue weighted by atomic mass is 10.2. The van der Waals surface area contributed by atoms with Crippen molar-refractivity contribution >= 4 is 35.0 Å². The zero-order chi connectivity index (χ0) is 19.6. The standard InChI is InChI=1S/C16H11ClF3N5O2/c1-8-4-13(25-27-8)24-15-21-6-9(7-22-15)14(26)23-12-5-10(16(18,19)20)2-3-11(12)17/h2-7H,1H3,(H,23,26)(H,21,22,24,25). The Kier molecular flexibility index (Phi) is 5.00. The number of halogens is 4. The van der Waals surface area contributed by atoms with Crippen LogP contribution in [0.1, 0.15) is 21.7 Å². The smallest absolute Gasteiger partial charge is 0.360 e. The highest BCUT2D eigenvalue weighted by Gasteiger charge is 2.31. The van der Waals surface area contributed by atoms with Crippen molar-refractivity contribution in [3.8, 4) is 0 Å². The molecule has 2 aromatic heterocycles. The molecule has 0 atom stereocenters. The fourth-order valence-electron chi connectivity index (χ4n) is 2.04. The van der Waals surface area contributed by atoms with E-state index in [0.29, 0.717) is 11.6 Å². The highest BCUT2D eigenvalue weighted by Crippen LogP contribution is 2.33. The largest absolute Gasteiger partial charge is 0.416 e. The van der Waals surface area contributed by atoms with Crippen molar-refractivity contribution in [1.82, 2.24) is 15.1 Å². The second kappa shape index (κ2) is 7.23. The zero-order valence-corrected chi connectivity index (χ0v) is 14.4. The van der Waals surface area contributed by atoms with Gasteiger partial charge in [0.1, 0.15) is 5.76 Å². The molecule has 2 heterocycles. The number of carbonyl (C=O) groups is 1. The highest BCUT2D eigenvalue weighted by molar-refractivity contribution is 6.34. The lowest BCUT2D eigenvalue weighted by Gasteiger charge is -2.11. The normalized spacial score (nSPS) is 11.3. The third-order valence-corrected chi connectivity index (χ3v) is 3.65. The molecule has 1 amide bonds. The molecule has 0 unspecified atom stereocenters. The molecular weight excluding hydrogens is 387 g/mol. The van der Waals surface area contributed by atoms with Crippen LogP contribution in [0, 0.1) is 6.92 Å². The summed E-state index contributed by atoms with van der Waals surface area (Å²) in [4.78, 5) is 20.1. The Hall–Kier alpha value is -3.14. The molecule has 11 heteroatoms. The molecule has 0 aliphatic rings. The van der Waals surface area contributed by atoms with Crippen LogP contribution in [0.15, 0.2) is 41.2 Å². The van der Waals surface area contributed by atoms with E-state index in [9.17, 15) is 18.0 Å². The van der Waals surface area contributed by atoms with Crippen LogP contribution < -0.4 is 10.6 Å². The van der Waals surface area contributed by atoms with Gasteiger partial charge in [-0.2, -0.15) is 13.2 Å². The van der Waals surface area contributed by atoms with Gasteiger partial charge in [-0.1, -0.05) is 16.8 Å². The van der Waals surface area contributed by atoms with Gasteiger partial charge < -0.3 is 15.2 Å². The predicted molar refractivity (Wildman–Crippen MR) is 91.0 cm³/mol. The SMILES string of the molecule is Cc1cc(Nc2ncc(C(=O)Nc3cc(C(F)(F)F)ccc3Cl)cn2)no1. The van der Waals surface area contributed by atoms with Crippen LogP contribution in [0.2, 0.25) is 5.02 Å². The van der Waals surface area contributed by atoms with Crippen LogP contribution in [-0.4, -0.2) is 21.0 Å². The molecule has 3 rings (SSSR count). The molecule has 2 N–H and O–H groups in total. The fourth-order valence-corrected chi connectivity index (χ4v) is 2.21. The monoisotopic (exact) mass is 397 g/mol. The minimum atomic E-state index is -4.56. The summed E-state index contributed by atoms with van der Waals surface area (Å²) in [5.41, 5.74) is -1.07. The Labute approximate surface area is 155 Å². The maximum absolute atomic E-state index is 12.8. The van der Waals surface area contributed by atoms with Gasteiger partial charge in [-0.15, -0.1) is 0 Å². The van der Waals surface area contributed by atoms with E-state index in [1.165, 1.54) is 12.4 Å². The van der Waals surface area contributed by atoms with E-state index in [1.807, 2.05) is 0 Å². The van der Waals surface area contributed by atoms with E-state index in [0.717, 1.165) is 18.2 Å². The molecule has 27 heavy (non-hydrogen) atoms. The molecular formula is C16H11ClF3N5O2. The number of hydrogen-bond donors (Lipinski definition) is 2.